The molecule has 0 amide bonds. The number of hydrogen-bond donors (Lipinski definition) is 0. The first-order chi connectivity index (χ1) is 8.28. The molecule has 18 heavy (non-hydrogen) atoms. The van der Waals surface area contributed by atoms with Gasteiger partial charge in [0.2, 0.25) is 6.86 Å². The van der Waals surface area contributed by atoms with Crippen molar-refractivity contribution in [1.29, 1.82) is 0 Å². The fourth-order valence-corrected chi connectivity index (χ4v) is 2.92. The second-order valence-corrected chi connectivity index (χ2v) is 6.68. The van der Waals surface area contributed by atoms with Gasteiger partial charge in [0.05, 0.1) is 0 Å². The second kappa shape index (κ2) is 4.25. The van der Waals surface area contributed by atoms with Crippen LogP contribution in [0.5, 0.6) is 5.75 Å². The molecule has 1 aliphatic rings. The Hall–Kier alpha value is -1.05. The Labute approximate surface area is 109 Å². The van der Waals surface area contributed by atoms with E-state index in [1.165, 1.54) is 17.5 Å². The van der Waals surface area contributed by atoms with E-state index in [1.807, 2.05) is 13.0 Å². The van der Waals surface area contributed by atoms with Gasteiger partial charge in [-0.15, -0.1) is 0 Å². The molecule has 0 bridgehead atoms. The van der Waals surface area contributed by atoms with Crippen LogP contribution in [0.1, 0.15) is 57.2 Å². The SMILES string of the molecule is Cc1cc2c(cc1OCF)C(C)(C)CCC2(C)C. The van der Waals surface area contributed by atoms with Gasteiger partial charge in [-0.3, -0.25) is 0 Å². The molecule has 0 atom stereocenters. The lowest BCUT2D eigenvalue weighted by atomic mass is 9.63. The summed E-state index contributed by atoms with van der Waals surface area (Å²) in [5.74, 6) is 0.682. The highest BCUT2D eigenvalue weighted by Crippen LogP contribution is 2.47. The molecule has 0 saturated heterocycles. The lowest BCUT2D eigenvalue weighted by Crippen LogP contribution is -2.34. The van der Waals surface area contributed by atoms with Crippen molar-refractivity contribution >= 4 is 0 Å². The van der Waals surface area contributed by atoms with Gasteiger partial charge in [-0.05, 0) is 53.4 Å². The van der Waals surface area contributed by atoms with Crippen LogP contribution in [0.25, 0.3) is 0 Å². The average molecular weight is 250 g/mol. The first-order valence-electron chi connectivity index (χ1n) is 6.62. The smallest absolute Gasteiger partial charge is 0.228 e. The van der Waals surface area contributed by atoms with Gasteiger partial charge in [-0.1, -0.05) is 33.8 Å². The van der Waals surface area contributed by atoms with E-state index < -0.39 is 6.86 Å². The summed E-state index contributed by atoms with van der Waals surface area (Å²) in [6, 6.07) is 4.23. The summed E-state index contributed by atoms with van der Waals surface area (Å²) in [6.07, 6.45) is 2.35. The number of aryl methyl sites for hydroxylation is 1. The zero-order chi connectivity index (χ0) is 13.6. The molecule has 0 unspecified atom stereocenters. The maximum absolute atomic E-state index is 12.4. The highest BCUT2D eigenvalue weighted by molar-refractivity contribution is 5.49. The van der Waals surface area contributed by atoms with Crippen molar-refractivity contribution in [2.45, 2.75) is 58.3 Å². The van der Waals surface area contributed by atoms with Crippen LogP contribution in [0.4, 0.5) is 4.39 Å². The van der Waals surface area contributed by atoms with Crippen molar-refractivity contribution in [1.82, 2.24) is 0 Å². The quantitative estimate of drug-likeness (QED) is 0.742. The van der Waals surface area contributed by atoms with E-state index in [0.29, 0.717) is 5.75 Å². The highest BCUT2D eigenvalue weighted by Gasteiger charge is 2.37. The topological polar surface area (TPSA) is 9.23 Å². The van der Waals surface area contributed by atoms with Gasteiger partial charge in [0, 0.05) is 0 Å². The number of benzene rings is 1. The van der Waals surface area contributed by atoms with Gasteiger partial charge in [0.15, 0.2) is 0 Å². The van der Waals surface area contributed by atoms with Crippen LogP contribution in [-0.4, -0.2) is 6.86 Å². The van der Waals surface area contributed by atoms with Gasteiger partial charge >= 0.3 is 0 Å². The minimum absolute atomic E-state index is 0.146. The van der Waals surface area contributed by atoms with E-state index in [1.54, 1.807) is 0 Å². The lowest BCUT2D eigenvalue weighted by Gasteiger charge is -2.42. The monoisotopic (exact) mass is 250 g/mol. The summed E-state index contributed by atoms with van der Waals surface area (Å²) in [7, 11) is 0. The van der Waals surface area contributed by atoms with Crippen molar-refractivity contribution in [2.24, 2.45) is 0 Å². The first kappa shape index (κ1) is 13.4. The maximum atomic E-state index is 12.4. The minimum atomic E-state index is -0.760. The van der Waals surface area contributed by atoms with Gasteiger partial charge < -0.3 is 4.74 Å². The molecule has 1 aromatic rings. The summed E-state index contributed by atoms with van der Waals surface area (Å²) in [6.45, 7) is 10.3. The molecule has 1 aromatic carbocycles. The summed E-state index contributed by atoms with van der Waals surface area (Å²) in [5, 5.41) is 0. The van der Waals surface area contributed by atoms with Gasteiger partial charge in [-0.2, -0.15) is 0 Å². The fourth-order valence-electron chi connectivity index (χ4n) is 2.92. The Kier molecular flexibility index (Phi) is 3.16. The van der Waals surface area contributed by atoms with E-state index >= 15 is 0 Å². The molecule has 0 fully saturated rings. The normalized spacial score (nSPS) is 20.3. The van der Waals surface area contributed by atoms with Crippen molar-refractivity contribution in [3.63, 3.8) is 0 Å². The zero-order valence-corrected chi connectivity index (χ0v) is 12.1. The number of rotatable bonds is 2. The molecule has 0 spiro atoms. The molecule has 0 aromatic heterocycles. The van der Waals surface area contributed by atoms with E-state index in [4.69, 9.17) is 4.74 Å². The summed E-state index contributed by atoms with van der Waals surface area (Å²) >= 11 is 0. The third-order valence-electron chi connectivity index (χ3n) is 4.36. The predicted octanol–water partition coefficient (Wildman–Crippen LogP) is 4.65. The molecular formula is C16H23FO. The molecule has 2 heteroatoms. The Morgan fingerprint density at radius 3 is 2.06 bits per heavy atom. The van der Waals surface area contributed by atoms with Crippen LogP contribution in [0, 0.1) is 6.92 Å². The number of hydrogen-bond acceptors (Lipinski definition) is 1. The fraction of sp³-hybridized carbons (Fsp3) is 0.625. The third-order valence-corrected chi connectivity index (χ3v) is 4.36. The van der Waals surface area contributed by atoms with Crippen molar-refractivity contribution < 1.29 is 9.13 Å². The highest BCUT2D eigenvalue weighted by atomic mass is 19.1. The average Bonchev–Trinajstić information content (AvgIpc) is 2.27. The largest absolute Gasteiger partial charge is 0.463 e. The van der Waals surface area contributed by atoms with Crippen molar-refractivity contribution in [3.8, 4) is 5.75 Å². The molecule has 0 heterocycles. The number of fused-ring (bicyclic) bond motifs is 1. The Morgan fingerprint density at radius 1 is 1.06 bits per heavy atom. The molecule has 0 radical (unpaired) electrons. The second-order valence-electron chi connectivity index (χ2n) is 6.68. The van der Waals surface area contributed by atoms with Crippen LogP contribution in [-0.2, 0) is 10.8 Å². The van der Waals surface area contributed by atoms with Gasteiger partial charge in [0.25, 0.3) is 0 Å². The number of alkyl halides is 1. The summed E-state index contributed by atoms with van der Waals surface area (Å²) < 4.78 is 17.5. The molecule has 1 nitrogen and oxygen atoms in total. The lowest BCUT2D eigenvalue weighted by molar-refractivity contribution is 0.189. The van der Waals surface area contributed by atoms with E-state index in [2.05, 4.69) is 33.8 Å². The number of halogens is 1. The molecule has 0 N–H and O–H groups in total. The van der Waals surface area contributed by atoms with E-state index in [-0.39, 0.29) is 10.8 Å². The molecule has 0 saturated carbocycles. The van der Waals surface area contributed by atoms with Gasteiger partial charge in [0.1, 0.15) is 5.75 Å². The third kappa shape index (κ3) is 2.13. The van der Waals surface area contributed by atoms with E-state index in [9.17, 15) is 4.39 Å². The predicted molar refractivity (Wildman–Crippen MR) is 73.1 cm³/mol. The van der Waals surface area contributed by atoms with Gasteiger partial charge in [-0.25, -0.2) is 4.39 Å². The van der Waals surface area contributed by atoms with Crippen molar-refractivity contribution in [3.05, 3.63) is 28.8 Å². The summed E-state index contributed by atoms with van der Waals surface area (Å²) in [5.41, 5.74) is 4.07. The molecule has 2 rings (SSSR count). The molecule has 0 aliphatic heterocycles. The Morgan fingerprint density at radius 2 is 1.56 bits per heavy atom. The molecule has 100 valence electrons. The molecular weight excluding hydrogens is 227 g/mol. The first-order valence-corrected chi connectivity index (χ1v) is 6.62. The van der Waals surface area contributed by atoms with Crippen LogP contribution in [0.3, 0.4) is 0 Å². The Bertz CT molecular complexity index is 460. The van der Waals surface area contributed by atoms with Crippen LogP contribution in [0.2, 0.25) is 0 Å². The van der Waals surface area contributed by atoms with Crippen molar-refractivity contribution in [2.75, 3.05) is 6.86 Å². The zero-order valence-electron chi connectivity index (χ0n) is 12.1. The number of ether oxygens (including phenoxy) is 1. The maximum Gasteiger partial charge on any atom is 0.228 e. The Balaban J connectivity index is 2.61. The minimum Gasteiger partial charge on any atom is -0.463 e. The van der Waals surface area contributed by atoms with Crippen LogP contribution >= 0.6 is 0 Å². The van der Waals surface area contributed by atoms with Crippen LogP contribution in [0.15, 0.2) is 12.1 Å². The van der Waals surface area contributed by atoms with E-state index in [0.717, 1.165) is 12.0 Å². The molecule has 1 aliphatic carbocycles. The van der Waals surface area contributed by atoms with Crippen LogP contribution < -0.4 is 4.74 Å². The summed E-state index contributed by atoms with van der Waals surface area (Å²) in [4.78, 5) is 0. The standard InChI is InChI=1S/C16H23FO/c1-11-8-12-13(9-14(11)18-10-17)16(4,5)7-6-15(12,2)3/h8-9H,6-7,10H2,1-5H3.